The molecule has 128 valence electrons. The van der Waals surface area contributed by atoms with Crippen LogP contribution in [-0.4, -0.2) is 55.0 Å². The van der Waals surface area contributed by atoms with Crippen LogP contribution in [0.15, 0.2) is 23.2 Å². The van der Waals surface area contributed by atoms with Gasteiger partial charge in [-0.15, -0.1) is 0 Å². The molecule has 7 nitrogen and oxygen atoms in total. The van der Waals surface area contributed by atoms with E-state index in [0.29, 0.717) is 43.0 Å². The largest absolute Gasteiger partial charge is 0.378 e. The van der Waals surface area contributed by atoms with Crippen LogP contribution in [0.3, 0.4) is 0 Å². The van der Waals surface area contributed by atoms with Gasteiger partial charge in [-0.1, -0.05) is 17.7 Å². The molecule has 2 heterocycles. The fraction of sp³-hybridized carbons (Fsp3) is 0.438. The SMILES string of the molecule is Cc1c(Cl)cccc1NC(=O)[C@@H]1CC(=O)NC(N2CCOCC2)=N1. The number of aliphatic imine (C=N–C) groups is 1. The quantitative estimate of drug-likeness (QED) is 0.838. The van der Waals surface area contributed by atoms with E-state index in [1.165, 1.54) is 0 Å². The summed E-state index contributed by atoms with van der Waals surface area (Å²) in [7, 11) is 0. The number of benzene rings is 1. The van der Waals surface area contributed by atoms with Gasteiger partial charge in [-0.05, 0) is 24.6 Å². The first kappa shape index (κ1) is 16.7. The fourth-order valence-electron chi connectivity index (χ4n) is 2.62. The molecule has 0 spiro atoms. The summed E-state index contributed by atoms with van der Waals surface area (Å²) in [5, 5.41) is 6.12. The lowest BCUT2D eigenvalue weighted by Gasteiger charge is -2.32. The number of ether oxygens (including phenoxy) is 1. The number of hydrogen-bond donors (Lipinski definition) is 2. The molecule has 1 saturated heterocycles. The average molecular weight is 351 g/mol. The first-order valence-corrected chi connectivity index (χ1v) is 8.18. The van der Waals surface area contributed by atoms with Crippen LogP contribution in [0, 0.1) is 6.92 Å². The van der Waals surface area contributed by atoms with Crippen molar-refractivity contribution in [1.29, 1.82) is 0 Å². The number of morpholine rings is 1. The zero-order valence-electron chi connectivity index (χ0n) is 13.3. The Hall–Kier alpha value is -2.12. The minimum atomic E-state index is -0.755. The molecule has 2 aliphatic rings. The summed E-state index contributed by atoms with van der Waals surface area (Å²) in [4.78, 5) is 30.8. The number of hydrogen-bond acceptors (Lipinski definition) is 5. The van der Waals surface area contributed by atoms with Crippen LogP contribution < -0.4 is 10.6 Å². The molecular weight excluding hydrogens is 332 g/mol. The number of anilines is 1. The van der Waals surface area contributed by atoms with Crippen LogP contribution in [0.25, 0.3) is 0 Å². The van der Waals surface area contributed by atoms with Gasteiger partial charge in [0.15, 0.2) is 0 Å². The van der Waals surface area contributed by atoms with E-state index in [0.717, 1.165) is 5.56 Å². The monoisotopic (exact) mass is 350 g/mol. The first-order chi connectivity index (χ1) is 11.5. The van der Waals surface area contributed by atoms with Gasteiger partial charge in [0.1, 0.15) is 6.04 Å². The lowest BCUT2D eigenvalue weighted by atomic mass is 10.1. The summed E-state index contributed by atoms with van der Waals surface area (Å²) in [6, 6.07) is 4.54. The Bertz CT molecular complexity index is 686. The third-order valence-electron chi connectivity index (χ3n) is 4.05. The van der Waals surface area contributed by atoms with Crippen molar-refractivity contribution in [2.75, 3.05) is 31.6 Å². The Labute approximate surface area is 145 Å². The lowest BCUT2D eigenvalue weighted by Crippen LogP contribution is -2.53. The second kappa shape index (κ2) is 7.19. The summed E-state index contributed by atoms with van der Waals surface area (Å²) in [5.41, 5.74) is 1.41. The highest BCUT2D eigenvalue weighted by Gasteiger charge is 2.30. The molecule has 2 N–H and O–H groups in total. The molecule has 1 fully saturated rings. The van der Waals surface area contributed by atoms with Gasteiger partial charge in [-0.25, -0.2) is 4.99 Å². The lowest BCUT2D eigenvalue weighted by molar-refractivity contribution is -0.125. The molecule has 2 aliphatic heterocycles. The van der Waals surface area contributed by atoms with Crippen molar-refractivity contribution >= 4 is 35.1 Å². The number of nitrogens with one attached hydrogen (secondary N) is 2. The number of carbonyl (C=O) groups excluding carboxylic acids is 2. The summed E-state index contributed by atoms with van der Waals surface area (Å²) in [6.45, 7) is 4.26. The number of rotatable bonds is 2. The normalized spacial score (nSPS) is 21.1. The Morgan fingerprint density at radius 1 is 1.42 bits per heavy atom. The van der Waals surface area contributed by atoms with Crippen molar-refractivity contribution in [3.05, 3.63) is 28.8 Å². The molecule has 3 rings (SSSR count). The molecule has 2 amide bonds. The number of carbonyl (C=O) groups is 2. The standard InChI is InChI=1S/C16H19ClN4O3/c1-10-11(17)3-2-4-12(10)18-15(23)13-9-14(22)20-16(19-13)21-5-7-24-8-6-21/h2-4,13H,5-9H2,1H3,(H,18,23)(H,19,20,22)/t13-/m0/s1. The van der Waals surface area contributed by atoms with Crippen LogP contribution in [0.4, 0.5) is 5.69 Å². The van der Waals surface area contributed by atoms with Crippen molar-refractivity contribution in [3.63, 3.8) is 0 Å². The smallest absolute Gasteiger partial charge is 0.249 e. The molecule has 1 aromatic carbocycles. The minimum Gasteiger partial charge on any atom is -0.378 e. The molecular formula is C16H19ClN4O3. The van der Waals surface area contributed by atoms with Crippen molar-refractivity contribution in [3.8, 4) is 0 Å². The molecule has 1 aromatic rings. The molecule has 0 unspecified atom stereocenters. The molecule has 0 saturated carbocycles. The zero-order chi connectivity index (χ0) is 17.1. The van der Waals surface area contributed by atoms with Gasteiger partial charge in [0.2, 0.25) is 17.8 Å². The summed E-state index contributed by atoms with van der Waals surface area (Å²) >= 11 is 6.07. The maximum absolute atomic E-state index is 12.5. The fourth-order valence-corrected chi connectivity index (χ4v) is 2.80. The van der Waals surface area contributed by atoms with Gasteiger partial charge >= 0.3 is 0 Å². The second-order valence-corrected chi connectivity index (χ2v) is 6.13. The van der Waals surface area contributed by atoms with Gasteiger partial charge < -0.3 is 15.0 Å². The highest BCUT2D eigenvalue weighted by Crippen LogP contribution is 2.23. The Morgan fingerprint density at radius 3 is 2.92 bits per heavy atom. The van der Waals surface area contributed by atoms with Crippen LogP contribution >= 0.6 is 11.6 Å². The highest BCUT2D eigenvalue weighted by atomic mass is 35.5. The predicted molar refractivity (Wildman–Crippen MR) is 91.2 cm³/mol. The minimum absolute atomic E-state index is 0.0271. The molecule has 0 radical (unpaired) electrons. The molecule has 0 aliphatic carbocycles. The van der Waals surface area contributed by atoms with Gasteiger partial charge in [0, 0.05) is 23.8 Å². The van der Waals surface area contributed by atoms with Crippen molar-refractivity contribution in [2.45, 2.75) is 19.4 Å². The predicted octanol–water partition coefficient (Wildman–Crippen LogP) is 1.16. The van der Waals surface area contributed by atoms with Gasteiger partial charge in [-0.3, -0.25) is 14.9 Å². The summed E-state index contributed by atoms with van der Waals surface area (Å²) < 4.78 is 5.29. The highest BCUT2D eigenvalue weighted by molar-refractivity contribution is 6.31. The van der Waals surface area contributed by atoms with E-state index in [4.69, 9.17) is 16.3 Å². The Morgan fingerprint density at radius 2 is 2.17 bits per heavy atom. The number of amides is 2. The zero-order valence-corrected chi connectivity index (χ0v) is 14.1. The van der Waals surface area contributed by atoms with Crippen molar-refractivity contribution in [2.24, 2.45) is 4.99 Å². The van der Waals surface area contributed by atoms with Crippen molar-refractivity contribution < 1.29 is 14.3 Å². The van der Waals surface area contributed by atoms with E-state index in [-0.39, 0.29) is 18.2 Å². The van der Waals surface area contributed by atoms with Gasteiger partial charge in [-0.2, -0.15) is 0 Å². The van der Waals surface area contributed by atoms with E-state index in [2.05, 4.69) is 15.6 Å². The summed E-state index contributed by atoms with van der Waals surface area (Å²) in [5.74, 6) is -0.0899. The first-order valence-electron chi connectivity index (χ1n) is 7.81. The van der Waals surface area contributed by atoms with Crippen LogP contribution in [-0.2, 0) is 14.3 Å². The maximum atomic E-state index is 12.5. The second-order valence-electron chi connectivity index (χ2n) is 5.72. The third-order valence-corrected chi connectivity index (χ3v) is 4.46. The van der Waals surface area contributed by atoms with Crippen LogP contribution in [0.2, 0.25) is 5.02 Å². The number of halogens is 1. The molecule has 0 aromatic heterocycles. The number of guanidine groups is 1. The molecule has 24 heavy (non-hydrogen) atoms. The third kappa shape index (κ3) is 3.68. The average Bonchev–Trinajstić information content (AvgIpc) is 2.59. The van der Waals surface area contributed by atoms with E-state index in [1.54, 1.807) is 18.2 Å². The van der Waals surface area contributed by atoms with Crippen molar-refractivity contribution in [1.82, 2.24) is 10.2 Å². The topological polar surface area (TPSA) is 83.0 Å². The van der Waals surface area contributed by atoms with E-state index >= 15 is 0 Å². The van der Waals surface area contributed by atoms with Gasteiger partial charge in [0.25, 0.3) is 0 Å². The van der Waals surface area contributed by atoms with E-state index in [9.17, 15) is 9.59 Å². The number of nitrogens with zero attached hydrogens (tertiary/aromatic N) is 2. The van der Waals surface area contributed by atoms with E-state index < -0.39 is 6.04 Å². The van der Waals surface area contributed by atoms with Gasteiger partial charge in [0.05, 0.1) is 19.6 Å². The molecule has 8 heteroatoms. The van der Waals surface area contributed by atoms with Crippen LogP contribution in [0.1, 0.15) is 12.0 Å². The maximum Gasteiger partial charge on any atom is 0.249 e. The molecule has 0 bridgehead atoms. The Balaban J connectivity index is 1.75. The molecule has 1 atom stereocenters. The Kier molecular flexibility index (Phi) is 5.01. The summed E-state index contributed by atoms with van der Waals surface area (Å²) in [6.07, 6.45) is 0.0271. The van der Waals surface area contributed by atoms with Crippen LogP contribution in [0.5, 0.6) is 0 Å². The van der Waals surface area contributed by atoms with E-state index in [1.807, 2.05) is 11.8 Å².